The Hall–Kier alpha value is -1.30. The van der Waals surface area contributed by atoms with Crippen molar-refractivity contribution >= 4 is 28.0 Å². The van der Waals surface area contributed by atoms with E-state index in [9.17, 15) is 18.0 Å². The van der Waals surface area contributed by atoms with Gasteiger partial charge in [-0.1, -0.05) is 22.0 Å². The fourth-order valence-electron chi connectivity index (χ4n) is 1.27. The molecule has 0 aliphatic rings. The lowest BCUT2D eigenvalue weighted by Gasteiger charge is -2.10. The summed E-state index contributed by atoms with van der Waals surface area (Å²) in [6, 6.07) is 3.72. The predicted octanol–water partition coefficient (Wildman–Crippen LogP) is 4.04. The maximum atomic E-state index is 12.7. The maximum Gasteiger partial charge on any atom is 0.417 e. The molecule has 0 fully saturated rings. The number of hydrogen-bond acceptors (Lipinski definition) is 2. The van der Waals surface area contributed by atoms with E-state index in [2.05, 4.69) is 20.7 Å². The van der Waals surface area contributed by atoms with Gasteiger partial charge in [0.05, 0.1) is 12.2 Å². The summed E-state index contributed by atoms with van der Waals surface area (Å²) in [5.41, 5.74) is -0.892. The third-order valence-corrected chi connectivity index (χ3v) is 2.50. The number of ether oxygens (including phenoxy) is 1. The molecule has 0 aliphatic heterocycles. The van der Waals surface area contributed by atoms with E-state index in [4.69, 9.17) is 0 Å². The van der Waals surface area contributed by atoms with Crippen molar-refractivity contribution in [2.45, 2.75) is 13.1 Å². The lowest BCUT2D eigenvalue weighted by Crippen LogP contribution is -2.07. The fourth-order valence-corrected chi connectivity index (χ4v) is 1.63. The molecule has 0 unspecified atom stereocenters. The highest BCUT2D eigenvalue weighted by molar-refractivity contribution is 9.10. The Labute approximate surface area is 111 Å². The third-order valence-electron chi connectivity index (χ3n) is 2.01. The van der Waals surface area contributed by atoms with E-state index in [1.807, 2.05) is 0 Å². The van der Waals surface area contributed by atoms with Crippen LogP contribution in [0, 0.1) is 0 Å². The highest BCUT2D eigenvalue weighted by Gasteiger charge is 2.32. The van der Waals surface area contributed by atoms with Gasteiger partial charge >= 0.3 is 12.1 Å². The summed E-state index contributed by atoms with van der Waals surface area (Å²) in [7, 11) is 0. The number of carbonyl (C=O) groups is 1. The molecular weight excluding hydrogens is 313 g/mol. The highest BCUT2D eigenvalue weighted by atomic mass is 79.9. The van der Waals surface area contributed by atoms with Crippen LogP contribution >= 0.6 is 15.9 Å². The van der Waals surface area contributed by atoms with Crippen molar-refractivity contribution in [2.24, 2.45) is 0 Å². The molecular formula is C12H10BrF3O2. The molecule has 0 amide bonds. The molecule has 0 bridgehead atoms. The molecule has 0 N–H and O–H groups in total. The normalized spacial score (nSPS) is 11.8. The van der Waals surface area contributed by atoms with Gasteiger partial charge < -0.3 is 4.74 Å². The maximum absolute atomic E-state index is 12.7. The molecule has 0 atom stereocenters. The topological polar surface area (TPSA) is 26.3 Å². The van der Waals surface area contributed by atoms with Crippen LogP contribution in [0.3, 0.4) is 0 Å². The molecule has 0 heterocycles. The van der Waals surface area contributed by atoms with Gasteiger partial charge in [-0.15, -0.1) is 0 Å². The molecule has 1 aromatic rings. The minimum atomic E-state index is -4.47. The Morgan fingerprint density at radius 3 is 2.67 bits per heavy atom. The molecule has 6 heteroatoms. The standard InChI is InChI=1S/C12H10BrF3O2/c1-2-18-11(17)6-4-8-3-5-9(13)7-10(8)12(14,15)16/h3-7H,2H2,1H3/b6-4+. The first kappa shape index (κ1) is 14.8. The van der Waals surface area contributed by atoms with Crippen LogP contribution in [-0.4, -0.2) is 12.6 Å². The number of rotatable bonds is 3. The minimum absolute atomic E-state index is 0.0845. The van der Waals surface area contributed by atoms with E-state index >= 15 is 0 Å². The van der Waals surface area contributed by atoms with Crippen LogP contribution in [0.4, 0.5) is 13.2 Å². The average Bonchev–Trinajstić information content (AvgIpc) is 2.26. The molecule has 0 radical (unpaired) electrons. The average molecular weight is 323 g/mol. The van der Waals surface area contributed by atoms with Crippen LogP contribution in [-0.2, 0) is 15.7 Å². The van der Waals surface area contributed by atoms with Crippen molar-refractivity contribution in [2.75, 3.05) is 6.61 Å². The van der Waals surface area contributed by atoms with Gasteiger partial charge in [-0.25, -0.2) is 4.79 Å². The Kier molecular flexibility index (Phi) is 4.95. The summed E-state index contributed by atoms with van der Waals surface area (Å²) in [5, 5.41) is 0. The summed E-state index contributed by atoms with van der Waals surface area (Å²) in [6.07, 6.45) is -2.41. The van der Waals surface area contributed by atoms with Gasteiger partial charge in [0, 0.05) is 10.5 Å². The van der Waals surface area contributed by atoms with Crippen molar-refractivity contribution in [1.82, 2.24) is 0 Å². The van der Waals surface area contributed by atoms with Crippen LogP contribution in [0.15, 0.2) is 28.7 Å². The first-order chi connectivity index (χ1) is 8.34. The number of halogens is 4. The zero-order chi connectivity index (χ0) is 13.8. The second kappa shape index (κ2) is 6.04. The van der Waals surface area contributed by atoms with Crippen LogP contribution in [0.25, 0.3) is 6.08 Å². The van der Waals surface area contributed by atoms with Crippen molar-refractivity contribution in [1.29, 1.82) is 0 Å². The Bertz CT molecular complexity index is 467. The zero-order valence-corrected chi connectivity index (χ0v) is 11.0. The van der Waals surface area contributed by atoms with E-state index < -0.39 is 17.7 Å². The molecule has 2 nitrogen and oxygen atoms in total. The monoisotopic (exact) mass is 322 g/mol. The summed E-state index contributed by atoms with van der Waals surface area (Å²) >= 11 is 2.98. The molecule has 98 valence electrons. The summed E-state index contributed by atoms with van der Waals surface area (Å²) in [6.45, 7) is 1.79. The molecule has 0 saturated heterocycles. The molecule has 1 aromatic carbocycles. The van der Waals surface area contributed by atoms with E-state index in [0.29, 0.717) is 4.47 Å². The Balaban J connectivity index is 3.06. The summed E-state index contributed by atoms with van der Waals surface area (Å²) < 4.78 is 43.1. The van der Waals surface area contributed by atoms with E-state index in [1.165, 1.54) is 12.1 Å². The lowest BCUT2D eigenvalue weighted by atomic mass is 10.1. The minimum Gasteiger partial charge on any atom is -0.463 e. The van der Waals surface area contributed by atoms with Gasteiger partial charge in [-0.3, -0.25) is 0 Å². The molecule has 0 aliphatic carbocycles. The van der Waals surface area contributed by atoms with Gasteiger partial charge in [0.2, 0.25) is 0 Å². The molecule has 0 saturated carbocycles. The second-order valence-electron chi connectivity index (χ2n) is 3.31. The van der Waals surface area contributed by atoms with Gasteiger partial charge in [-0.2, -0.15) is 13.2 Å². The van der Waals surface area contributed by atoms with E-state index in [-0.39, 0.29) is 12.2 Å². The molecule has 18 heavy (non-hydrogen) atoms. The number of esters is 1. The van der Waals surface area contributed by atoms with Crippen molar-refractivity contribution in [3.8, 4) is 0 Å². The number of alkyl halides is 3. The van der Waals surface area contributed by atoms with Crippen LogP contribution in [0.5, 0.6) is 0 Å². The lowest BCUT2D eigenvalue weighted by molar-refractivity contribution is -0.138. The van der Waals surface area contributed by atoms with Gasteiger partial charge in [0.1, 0.15) is 0 Å². The van der Waals surface area contributed by atoms with Gasteiger partial charge in [-0.05, 0) is 30.7 Å². The fraction of sp³-hybridized carbons (Fsp3) is 0.250. The highest BCUT2D eigenvalue weighted by Crippen LogP contribution is 2.34. The van der Waals surface area contributed by atoms with Crippen LogP contribution in [0.2, 0.25) is 0 Å². The molecule has 1 rings (SSSR count). The van der Waals surface area contributed by atoms with Gasteiger partial charge in [0.25, 0.3) is 0 Å². The van der Waals surface area contributed by atoms with Crippen molar-refractivity contribution in [3.05, 3.63) is 39.9 Å². The number of carbonyl (C=O) groups excluding carboxylic acids is 1. The quantitative estimate of drug-likeness (QED) is 0.620. The van der Waals surface area contributed by atoms with Crippen LogP contribution < -0.4 is 0 Å². The molecule has 0 spiro atoms. The smallest absolute Gasteiger partial charge is 0.417 e. The summed E-state index contributed by atoms with van der Waals surface area (Å²) in [4.78, 5) is 11.0. The largest absolute Gasteiger partial charge is 0.463 e. The first-order valence-electron chi connectivity index (χ1n) is 5.06. The SMILES string of the molecule is CCOC(=O)/C=C/c1ccc(Br)cc1C(F)(F)F. The van der Waals surface area contributed by atoms with Gasteiger partial charge in [0.15, 0.2) is 0 Å². The van der Waals surface area contributed by atoms with Crippen LogP contribution in [0.1, 0.15) is 18.1 Å². The zero-order valence-electron chi connectivity index (χ0n) is 9.42. The third kappa shape index (κ3) is 4.18. The predicted molar refractivity (Wildman–Crippen MR) is 64.8 cm³/mol. The van der Waals surface area contributed by atoms with Crippen molar-refractivity contribution in [3.63, 3.8) is 0 Å². The second-order valence-corrected chi connectivity index (χ2v) is 4.23. The Morgan fingerprint density at radius 2 is 2.11 bits per heavy atom. The molecule has 0 aromatic heterocycles. The van der Waals surface area contributed by atoms with E-state index in [0.717, 1.165) is 18.2 Å². The number of hydrogen-bond donors (Lipinski definition) is 0. The summed E-state index contributed by atoms with van der Waals surface area (Å²) in [5.74, 6) is -0.673. The van der Waals surface area contributed by atoms with E-state index in [1.54, 1.807) is 6.92 Å². The number of benzene rings is 1. The first-order valence-corrected chi connectivity index (χ1v) is 5.85. The van der Waals surface area contributed by atoms with Crippen molar-refractivity contribution < 1.29 is 22.7 Å². The Morgan fingerprint density at radius 1 is 1.44 bits per heavy atom.